The number of hydrogen-bond donors (Lipinski definition) is 4. The second-order valence-electron chi connectivity index (χ2n) is 3.03. The predicted molar refractivity (Wildman–Crippen MR) is 56.1 cm³/mol. The number of anilines is 2. The second kappa shape index (κ2) is 3.05. The summed E-state index contributed by atoms with van der Waals surface area (Å²) < 4.78 is 1.14. The number of aromatic nitrogens is 3. The quantitative estimate of drug-likeness (QED) is 0.283. The molecule has 0 unspecified atom stereocenters. The van der Waals surface area contributed by atoms with E-state index in [9.17, 15) is 5.11 Å². The molecule has 0 fully saturated rings. The minimum Gasteiger partial charge on any atom is -0.506 e. The summed E-state index contributed by atoms with van der Waals surface area (Å²) >= 11 is 0. The maximum absolute atomic E-state index is 9.24. The van der Waals surface area contributed by atoms with Crippen molar-refractivity contribution in [1.29, 1.82) is 0 Å². The topological polar surface area (TPSA) is 129 Å². The minimum atomic E-state index is 0.00908. The van der Waals surface area contributed by atoms with Crippen molar-refractivity contribution in [2.24, 2.45) is 0 Å². The lowest BCUT2D eigenvalue weighted by molar-refractivity contribution is 0.478. The highest BCUT2D eigenvalue weighted by atomic mass is 16.3. The zero-order chi connectivity index (χ0) is 11.0. The molecule has 2 aromatic rings. The summed E-state index contributed by atoms with van der Waals surface area (Å²) in [5, 5.41) is 16.6. The van der Waals surface area contributed by atoms with Crippen LogP contribution < -0.4 is 17.3 Å². The molecule has 0 saturated heterocycles. The number of rotatable bonds is 1. The summed E-state index contributed by atoms with van der Waals surface area (Å²) in [6, 6.07) is 4.62. The molecule has 7 nitrogen and oxygen atoms in total. The van der Waals surface area contributed by atoms with Crippen LogP contribution in [0.1, 0.15) is 0 Å². The minimum absolute atomic E-state index is 0.00908. The smallest absolute Gasteiger partial charge is 0.241 e. The fraction of sp³-hybridized carbons (Fsp3) is 0. The highest BCUT2D eigenvalue weighted by Crippen LogP contribution is 2.26. The molecule has 1 aromatic heterocycles. The van der Waals surface area contributed by atoms with E-state index >= 15 is 0 Å². The van der Waals surface area contributed by atoms with Gasteiger partial charge in [-0.15, -0.1) is 10.2 Å². The first-order chi connectivity index (χ1) is 7.09. The maximum Gasteiger partial charge on any atom is 0.241 e. The lowest BCUT2D eigenvalue weighted by Gasteiger charge is -2.03. The second-order valence-corrected chi connectivity index (χ2v) is 3.03. The Hall–Kier alpha value is -2.44. The average molecular weight is 206 g/mol. The van der Waals surface area contributed by atoms with Gasteiger partial charge in [-0.25, -0.2) is 4.68 Å². The van der Waals surface area contributed by atoms with Crippen LogP contribution in [0.25, 0.3) is 11.4 Å². The van der Waals surface area contributed by atoms with Crippen LogP contribution in [-0.2, 0) is 0 Å². The molecular formula is C8H10N6O. The van der Waals surface area contributed by atoms with Crippen LogP contribution in [0.5, 0.6) is 5.75 Å². The fourth-order valence-electron chi connectivity index (χ4n) is 1.19. The first kappa shape index (κ1) is 9.13. The molecule has 0 bridgehead atoms. The van der Waals surface area contributed by atoms with Crippen LogP contribution in [0, 0.1) is 0 Å². The maximum atomic E-state index is 9.24. The number of benzene rings is 1. The van der Waals surface area contributed by atoms with Crippen molar-refractivity contribution >= 4 is 11.6 Å². The Morgan fingerprint density at radius 3 is 2.47 bits per heavy atom. The molecule has 0 atom stereocenters. The molecule has 0 radical (unpaired) electrons. The van der Waals surface area contributed by atoms with Gasteiger partial charge in [0.25, 0.3) is 0 Å². The van der Waals surface area contributed by atoms with Crippen LogP contribution in [0.3, 0.4) is 0 Å². The van der Waals surface area contributed by atoms with Crippen LogP contribution >= 0.6 is 0 Å². The third-order valence-electron chi connectivity index (χ3n) is 2.01. The van der Waals surface area contributed by atoms with Crippen LogP contribution in [-0.4, -0.2) is 20.0 Å². The van der Waals surface area contributed by atoms with Gasteiger partial charge in [-0.1, -0.05) is 0 Å². The molecule has 0 saturated carbocycles. The van der Waals surface area contributed by atoms with Gasteiger partial charge in [0.1, 0.15) is 5.75 Å². The number of aromatic hydroxyl groups is 1. The van der Waals surface area contributed by atoms with Crippen molar-refractivity contribution in [2.75, 3.05) is 17.3 Å². The zero-order valence-corrected chi connectivity index (χ0v) is 7.75. The average Bonchev–Trinajstić information content (AvgIpc) is 2.53. The van der Waals surface area contributed by atoms with Gasteiger partial charge in [0, 0.05) is 5.56 Å². The Morgan fingerprint density at radius 1 is 1.20 bits per heavy atom. The van der Waals surface area contributed by atoms with Gasteiger partial charge in [0.2, 0.25) is 5.95 Å². The van der Waals surface area contributed by atoms with Crippen LogP contribution in [0.15, 0.2) is 18.2 Å². The van der Waals surface area contributed by atoms with E-state index in [1.807, 2.05) is 0 Å². The SMILES string of the molecule is Nc1cc(-c2nnc(N)n2N)ccc1O. The molecule has 2 rings (SSSR count). The van der Waals surface area contributed by atoms with Gasteiger partial charge >= 0.3 is 0 Å². The van der Waals surface area contributed by atoms with Crippen molar-refractivity contribution in [3.8, 4) is 17.1 Å². The van der Waals surface area contributed by atoms with E-state index < -0.39 is 0 Å². The summed E-state index contributed by atoms with van der Waals surface area (Å²) in [5.74, 6) is 6.09. The lowest BCUT2D eigenvalue weighted by atomic mass is 10.2. The Kier molecular flexibility index (Phi) is 1.86. The number of nitrogens with two attached hydrogens (primary N) is 3. The summed E-state index contributed by atoms with van der Waals surface area (Å²) in [7, 11) is 0. The number of hydrogen-bond acceptors (Lipinski definition) is 6. The Balaban J connectivity index is 2.55. The molecule has 78 valence electrons. The van der Waals surface area contributed by atoms with Crippen LogP contribution in [0.2, 0.25) is 0 Å². The number of phenolic OH excluding ortho intramolecular Hbond substituents is 1. The van der Waals surface area contributed by atoms with Gasteiger partial charge in [-0.3, -0.25) is 0 Å². The highest BCUT2D eigenvalue weighted by Gasteiger charge is 2.10. The molecule has 15 heavy (non-hydrogen) atoms. The monoisotopic (exact) mass is 206 g/mol. The summed E-state index contributed by atoms with van der Waals surface area (Å²) in [6.07, 6.45) is 0. The standard InChI is InChI=1S/C8H10N6O/c9-5-3-4(1-2-6(5)15)7-12-13-8(10)14(7)11/h1-3,15H,9,11H2,(H2,10,13). The molecule has 1 aromatic carbocycles. The number of nitrogen functional groups attached to an aromatic ring is 3. The molecule has 7 heteroatoms. The van der Waals surface area contributed by atoms with Crippen molar-refractivity contribution in [1.82, 2.24) is 14.9 Å². The van der Waals surface area contributed by atoms with Crippen molar-refractivity contribution in [2.45, 2.75) is 0 Å². The van der Waals surface area contributed by atoms with Crippen molar-refractivity contribution in [3.05, 3.63) is 18.2 Å². The molecule has 0 aliphatic heterocycles. The zero-order valence-electron chi connectivity index (χ0n) is 7.75. The van der Waals surface area contributed by atoms with Gasteiger partial charge in [-0.2, -0.15) is 0 Å². The molecule has 0 spiro atoms. The van der Waals surface area contributed by atoms with E-state index in [2.05, 4.69) is 10.2 Å². The van der Waals surface area contributed by atoms with E-state index in [1.54, 1.807) is 12.1 Å². The normalized spacial score (nSPS) is 10.4. The van der Waals surface area contributed by atoms with Crippen LogP contribution in [0.4, 0.5) is 11.6 Å². The molecule has 0 aliphatic rings. The Labute approximate surface area is 85.1 Å². The third kappa shape index (κ3) is 1.39. The molecule has 7 N–H and O–H groups in total. The Morgan fingerprint density at radius 2 is 1.93 bits per heavy atom. The van der Waals surface area contributed by atoms with Gasteiger partial charge in [-0.05, 0) is 18.2 Å². The predicted octanol–water partition coefficient (Wildman–Crippen LogP) is -0.471. The molecule has 1 heterocycles. The van der Waals surface area contributed by atoms with E-state index in [-0.39, 0.29) is 17.4 Å². The van der Waals surface area contributed by atoms with Gasteiger partial charge in [0.15, 0.2) is 5.82 Å². The van der Waals surface area contributed by atoms with Gasteiger partial charge in [0.05, 0.1) is 5.69 Å². The van der Waals surface area contributed by atoms with E-state index in [4.69, 9.17) is 17.3 Å². The molecule has 0 amide bonds. The number of phenols is 1. The Bertz CT molecular complexity index is 506. The van der Waals surface area contributed by atoms with E-state index in [0.717, 1.165) is 4.68 Å². The molecule has 0 aliphatic carbocycles. The third-order valence-corrected chi connectivity index (χ3v) is 2.01. The molecular weight excluding hydrogens is 196 g/mol. The summed E-state index contributed by atoms with van der Waals surface area (Å²) in [6.45, 7) is 0. The summed E-state index contributed by atoms with van der Waals surface area (Å²) in [5.41, 5.74) is 11.8. The van der Waals surface area contributed by atoms with Crippen molar-refractivity contribution in [3.63, 3.8) is 0 Å². The van der Waals surface area contributed by atoms with Crippen molar-refractivity contribution < 1.29 is 5.11 Å². The summed E-state index contributed by atoms with van der Waals surface area (Å²) in [4.78, 5) is 0. The largest absolute Gasteiger partial charge is 0.506 e. The highest BCUT2D eigenvalue weighted by molar-refractivity contribution is 5.66. The number of nitrogens with zero attached hydrogens (tertiary/aromatic N) is 3. The fourth-order valence-corrected chi connectivity index (χ4v) is 1.19. The van der Waals surface area contributed by atoms with E-state index in [0.29, 0.717) is 11.4 Å². The first-order valence-corrected chi connectivity index (χ1v) is 4.14. The van der Waals surface area contributed by atoms with E-state index in [1.165, 1.54) is 6.07 Å². The first-order valence-electron chi connectivity index (χ1n) is 4.14. The lowest BCUT2D eigenvalue weighted by Crippen LogP contribution is -2.13. The van der Waals surface area contributed by atoms with Gasteiger partial charge < -0.3 is 22.4 Å².